The molecule has 0 fully saturated rings. The van der Waals surface area contributed by atoms with E-state index in [1.54, 1.807) is 29.0 Å². The zero-order valence-electron chi connectivity index (χ0n) is 9.51. The third kappa shape index (κ3) is 2.54. The van der Waals surface area contributed by atoms with Gasteiger partial charge in [0.05, 0.1) is 11.0 Å². The Kier molecular flexibility index (Phi) is 3.68. The number of aromatic carboxylic acids is 1. The van der Waals surface area contributed by atoms with Crippen LogP contribution in [0, 0.1) is 6.92 Å². The Labute approximate surface area is 116 Å². The Morgan fingerprint density at radius 2 is 2.28 bits per heavy atom. The monoisotopic (exact) mass is 327 g/mol. The predicted octanol–water partition coefficient (Wildman–Crippen LogP) is 2.73. The van der Waals surface area contributed by atoms with Crippen molar-refractivity contribution in [3.63, 3.8) is 0 Å². The van der Waals surface area contributed by atoms with Crippen LogP contribution in [0.25, 0.3) is 0 Å². The second-order valence-electron chi connectivity index (χ2n) is 3.79. The van der Waals surface area contributed by atoms with E-state index in [1.807, 2.05) is 6.92 Å². The molecule has 0 aliphatic heterocycles. The van der Waals surface area contributed by atoms with Gasteiger partial charge in [0.2, 0.25) is 0 Å². The second kappa shape index (κ2) is 5.07. The highest BCUT2D eigenvalue weighted by Crippen LogP contribution is 2.22. The summed E-state index contributed by atoms with van der Waals surface area (Å²) in [6.07, 6.45) is 1.69. The molecular weight excluding hydrogens is 318 g/mol. The number of halogens is 1. The first-order chi connectivity index (χ1) is 8.49. The lowest BCUT2D eigenvalue weighted by Crippen LogP contribution is -2.20. The number of thiophene rings is 1. The van der Waals surface area contributed by atoms with Crippen LogP contribution in [0.5, 0.6) is 0 Å². The Bertz CT molecular complexity index is 660. The fourth-order valence-electron chi connectivity index (χ4n) is 1.60. The van der Waals surface area contributed by atoms with Gasteiger partial charge in [-0.25, -0.2) is 4.79 Å². The van der Waals surface area contributed by atoms with Crippen LogP contribution < -0.4 is 5.56 Å². The number of hydrogen-bond donors (Lipinski definition) is 1. The van der Waals surface area contributed by atoms with E-state index in [1.165, 1.54) is 11.3 Å². The molecular formula is C12H10BrNO3S. The molecule has 0 aliphatic rings. The molecule has 0 saturated heterocycles. The van der Waals surface area contributed by atoms with Crippen molar-refractivity contribution in [2.24, 2.45) is 0 Å². The number of pyridine rings is 1. The smallest absolute Gasteiger partial charge is 0.345 e. The van der Waals surface area contributed by atoms with Crippen LogP contribution in [0.3, 0.4) is 0 Å². The summed E-state index contributed by atoms with van der Waals surface area (Å²) in [5, 5.41) is 8.92. The molecule has 4 nitrogen and oxygen atoms in total. The first kappa shape index (κ1) is 13.0. The minimum atomic E-state index is -0.934. The number of aromatic nitrogens is 1. The van der Waals surface area contributed by atoms with E-state index in [2.05, 4.69) is 15.9 Å². The van der Waals surface area contributed by atoms with Gasteiger partial charge in [0.1, 0.15) is 4.88 Å². The molecule has 18 heavy (non-hydrogen) atoms. The number of carboxylic acid groups (broad SMARTS) is 1. The summed E-state index contributed by atoms with van der Waals surface area (Å²) in [4.78, 5) is 23.9. The predicted molar refractivity (Wildman–Crippen MR) is 73.5 cm³/mol. The molecule has 0 atom stereocenters. The van der Waals surface area contributed by atoms with Crippen molar-refractivity contribution in [3.8, 4) is 0 Å². The molecule has 2 heterocycles. The number of aryl methyl sites for hydroxylation is 1. The van der Waals surface area contributed by atoms with Gasteiger partial charge in [-0.05, 0) is 46.6 Å². The van der Waals surface area contributed by atoms with Gasteiger partial charge in [-0.3, -0.25) is 4.79 Å². The fraction of sp³-hybridized carbons (Fsp3) is 0.167. The molecule has 0 amide bonds. The maximum absolute atomic E-state index is 11.8. The van der Waals surface area contributed by atoms with E-state index in [9.17, 15) is 9.59 Å². The Morgan fingerprint density at radius 3 is 2.89 bits per heavy atom. The van der Waals surface area contributed by atoms with E-state index in [0.29, 0.717) is 15.9 Å². The van der Waals surface area contributed by atoms with Crippen LogP contribution in [0.4, 0.5) is 0 Å². The zero-order valence-corrected chi connectivity index (χ0v) is 11.9. The molecule has 0 unspecified atom stereocenters. The van der Waals surface area contributed by atoms with Crippen LogP contribution in [-0.2, 0) is 6.54 Å². The summed E-state index contributed by atoms with van der Waals surface area (Å²) in [6, 6.07) is 5.07. The number of nitrogens with zero attached hydrogens (tertiary/aromatic N) is 1. The van der Waals surface area contributed by atoms with E-state index >= 15 is 0 Å². The van der Waals surface area contributed by atoms with E-state index in [-0.39, 0.29) is 5.56 Å². The lowest BCUT2D eigenvalue weighted by molar-refractivity contribution is 0.0702. The lowest BCUT2D eigenvalue weighted by atomic mass is 10.2. The summed E-state index contributed by atoms with van der Waals surface area (Å²) in [5.41, 5.74) is 0.734. The fourth-order valence-corrected chi connectivity index (χ4v) is 2.85. The van der Waals surface area contributed by atoms with Gasteiger partial charge in [0, 0.05) is 11.1 Å². The highest BCUT2D eigenvalue weighted by molar-refractivity contribution is 9.10. The highest BCUT2D eigenvalue weighted by atomic mass is 79.9. The summed E-state index contributed by atoms with van der Waals surface area (Å²) in [5.74, 6) is -0.934. The molecule has 0 bridgehead atoms. The van der Waals surface area contributed by atoms with E-state index in [4.69, 9.17) is 5.11 Å². The van der Waals surface area contributed by atoms with Gasteiger partial charge in [0.15, 0.2) is 0 Å². The minimum Gasteiger partial charge on any atom is -0.477 e. The Balaban J connectivity index is 2.37. The first-order valence-electron chi connectivity index (χ1n) is 5.16. The molecule has 0 aromatic carbocycles. The standard InChI is InChI=1S/C12H10BrNO3S/c1-7-8(5-10(18-7)12(16)17)6-14-4-2-3-9(13)11(14)15/h2-5H,6H2,1H3,(H,16,17). The number of carboxylic acids is 1. The average Bonchev–Trinajstić information content (AvgIpc) is 2.67. The molecule has 94 valence electrons. The largest absolute Gasteiger partial charge is 0.477 e. The van der Waals surface area contributed by atoms with Crippen LogP contribution in [-0.4, -0.2) is 15.6 Å². The second-order valence-corrected chi connectivity index (χ2v) is 5.90. The maximum Gasteiger partial charge on any atom is 0.345 e. The zero-order chi connectivity index (χ0) is 13.3. The van der Waals surface area contributed by atoms with Crippen LogP contribution in [0.2, 0.25) is 0 Å². The lowest BCUT2D eigenvalue weighted by Gasteiger charge is -2.05. The van der Waals surface area contributed by atoms with Gasteiger partial charge >= 0.3 is 5.97 Å². The molecule has 0 radical (unpaired) electrons. The van der Waals surface area contributed by atoms with Crippen molar-refractivity contribution in [3.05, 3.63) is 54.5 Å². The van der Waals surface area contributed by atoms with E-state index < -0.39 is 5.97 Å². The van der Waals surface area contributed by atoms with Gasteiger partial charge in [0.25, 0.3) is 5.56 Å². The van der Waals surface area contributed by atoms with Crippen molar-refractivity contribution in [1.29, 1.82) is 0 Å². The SMILES string of the molecule is Cc1sc(C(=O)O)cc1Cn1cccc(Br)c1=O. The third-order valence-electron chi connectivity index (χ3n) is 2.55. The van der Waals surface area contributed by atoms with Crippen LogP contribution >= 0.6 is 27.3 Å². The third-order valence-corrected chi connectivity index (χ3v) is 4.23. The Hall–Kier alpha value is -1.40. The molecule has 6 heteroatoms. The van der Waals surface area contributed by atoms with Gasteiger partial charge in [-0.1, -0.05) is 0 Å². The van der Waals surface area contributed by atoms with Crippen molar-refractivity contribution in [2.75, 3.05) is 0 Å². The quantitative estimate of drug-likeness (QED) is 0.942. The number of hydrogen-bond acceptors (Lipinski definition) is 3. The maximum atomic E-state index is 11.8. The summed E-state index contributed by atoms with van der Waals surface area (Å²) in [7, 11) is 0. The molecule has 1 N–H and O–H groups in total. The van der Waals surface area contributed by atoms with Gasteiger partial charge in [-0.15, -0.1) is 11.3 Å². The highest BCUT2D eigenvalue weighted by Gasteiger charge is 2.12. The normalized spacial score (nSPS) is 10.6. The van der Waals surface area contributed by atoms with Crippen LogP contribution in [0.15, 0.2) is 33.7 Å². The van der Waals surface area contributed by atoms with Gasteiger partial charge in [-0.2, -0.15) is 0 Å². The minimum absolute atomic E-state index is 0.125. The van der Waals surface area contributed by atoms with Crippen LogP contribution in [0.1, 0.15) is 20.1 Å². The molecule has 2 aromatic rings. The number of rotatable bonds is 3. The summed E-state index contributed by atoms with van der Waals surface area (Å²) >= 11 is 4.41. The summed E-state index contributed by atoms with van der Waals surface area (Å²) in [6.45, 7) is 2.24. The van der Waals surface area contributed by atoms with E-state index in [0.717, 1.165) is 10.4 Å². The number of carbonyl (C=O) groups is 1. The van der Waals surface area contributed by atoms with Crippen molar-refractivity contribution >= 4 is 33.2 Å². The molecule has 0 spiro atoms. The summed E-state index contributed by atoms with van der Waals surface area (Å²) < 4.78 is 2.04. The topological polar surface area (TPSA) is 59.3 Å². The molecule has 0 saturated carbocycles. The van der Waals surface area contributed by atoms with Crippen molar-refractivity contribution in [1.82, 2.24) is 4.57 Å². The van der Waals surface area contributed by atoms with Crippen molar-refractivity contribution in [2.45, 2.75) is 13.5 Å². The average molecular weight is 328 g/mol. The Morgan fingerprint density at radius 1 is 1.56 bits per heavy atom. The van der Waals surface area contributed by atoms with Crippen molar-refractivity contribution < 1.29 is 9.90 Å². The molecule has 2 aromatic heterocycles. The molecule has 2 rings (SSSR count). The van der Waals surface area contributed by atoms with Gasteiger partial charge < -0.3 is 9.67 Å². The first-order valence-corrected chi connectivity index (χ1v) is 6.77. The molecule has 0 aliphatic carbocycles.